The van der Waals surface area contributed by atoms with Crippen molar-refractivity contribution in [2.45, 2.75) is 20.3 Å². The van der Waals surface area contributed by atoms with Gasteiger partial charge in [0.1, 0.15) is 11.5 Å². The highest BCUT2D eigenvalue weighted by Gasteiger charge is 2.19. The summed E-state index contributed by atoms with van der Waals surface area (Å²) in [4.78, 5) is 30.2. The maximum absolute atomic E-state index is 13.8. The van der Waals surface area contributed by atoms with Crippen LogP contribution in [0.1, 0.15) is 33.5 Å². The Bertz CT molecular complexity index is 978. The van der Waals surface area contributed by atoms with Crippen LogP contribution in [0, 0.1) is 12.7 Å². The maximum atomic E-state index is 13.8. The number of halogens is 1. The van der Waals surface area contributed by atoms with E-state index in [-0.39, 0.29) is 23.7 Å². The summed E-state index contributed by atoms with van der Waals surface area (Å²) in [7, 11) is 0. The van der Waals surface area contributed by atoms with Crippen LogP contribution in [0.4, 0.5) is 4.39 Å². The molecule has 0 fully saturated rings. The highest BCUT2D eigenvalue weighted by Crippen LogP contribution is 2.20. The molecule has 0 bridgehead atoms. The number of nitrogens with one attached hydrogen (secondary N) is 1. The van der Waals surface area contributed by atoms with E-state index in [1.54, 1.807) is 25.1 Å². The predicted molar refractivity (Wildman–Crippen MR) is 91.3 cm³/mol. The quantitative estimate of drug-likeness (QED) is 0.790. The van der Waals surface area contributed by atoms with Crippen LogP contribution in [0.3, 0.4) is 0 Å². The molecule has 5 nitrogen and oxygen atoms in total. The van der Waals surface area contributed by atoms with Crippen LogP contribution in [0.2, 0.25) is 0 Å². The maximum Gasteiger partial charge on any atom is 0.269 e. The van der Waals surface area contributed by atoms with Gasteiger partial charge in [-0.05, 0) is 25.5 Å². The molecule has 0 saturated heterocycles. The van der Waals surface area contributed by atoms with Gasteiger partial charge in [0.25, 0.3) is 11.5 Å². The number of aryl methyl sites for hydroxylation is 1. The third-order valence-corrected chi connectivity index (χ3v) is 4.58. The Hall–Kier alpha value is -2.54. The molecule has 0 atom stereocenters. The van der Waals surface area contributed by atoms with Gasteiger partial charge >= 0.3 is 0 Å². The fourth-order valence-electron chi connectivity index (χ4n) is 2.56. The number of rotatable bonds is 4. The van der Waals surface area contributed by atoms with Gasteiger partial charge in [-0.3, -0.25) is 9.59 Å². The molecule has 2 heterocycles. The number of aromatic nitrogens is 2. The van der Waals surface area contributed by atoms with Gasteiger partial charge in [-0.2, -0.15) is 0 Å². The van der Waals surface area contributed by atoms with E-state index < -0.39 is 0 Å². The zero-order chi connectivity index (χ0) is 17.3. The van der Waals surface area contributed by atoms with Gasteiger partial charge in [-0.1, -0.05) is 18.2 Å². The second kappa shape index (κ2) is 6.52. The lowest BCUT2D eigenvalue weighted by Gasteiger charge is -2.05. The molecule has 0 aliphatic rings. The van der Waals surface area contributed by atoms with Crippen molar-refractivity contribution >= 4 is 22.2 Å². The first-order chi connectivity index (χ1) is 11.5. The predicted octanol–water partition coefficient (Wildman–Crippen LogP) is 2.54. The second-order valence-electron chi connectivity index (χ2n) is 5.34. The highest BCUT2D eigenvalue weighted by molar-refractivity contribution is 7.17. The number of hydrogen-bond donors (Lipinski definition) is 1. The van der Waals surface area contributed by atoms with E-state index in [4.69, 9.17) is 0 Å². The van der Waals surface area contributed by atoms with Crippen LogP contribution in [-0.2, 0) is 6.42 Å². The summed E-state index contributed by atoms with van der Waals surface area (Å²) >= 11 is 1.27. The Labute approximate surface area is 141 Å². The van der Waals surface area contributed by atoms with Crippen molar-refractivity contribution in [3.8, 4) is 0 Å². The number of thiazole rings is 1. The topological polar surface area (TPSA) is 63.5 Å². The molecule has 124 valence electrons. The number of fused-ring (bicyclic) bond motifs is 1. The van der Waals surface area contributed by atoms with Crippen LogP contribution < -0.4 is 10.9 Å². The molecule has 0 aliphatic carbocycles. The van der Waals surface area contributed by atoms with Crippen LogP contribution in [0.15, 0.2) is 35.1 Å². The van der Waals surface area contributed by atoms with E-state index in [0.29, 0.717) is 33.3 Å². The van der Waals surface area contributed by atoms with Gasteiger partial charge in [-0.15, -0.1) is 11.3 Å². The molecule has 0 spiro atoms. The average molecular weight is 345 g/mol. The van der Waals surface area contributed by atoms with Crippen molar-refractivity contribution in [3.63, 3.8) is 0 Å². The first-order valence-electron chi connectivity index (χ1n) is 7.55. The summed E-state index contributed by atoms with van der Waals surface area (Å²) < 4.78 is 15.1. The number of hydrogen-bond acceptors (Lipinski definition) is 4. The number of carbonyl (C=O) groups excluding carboxylic acids is 1. The van der Waals surface area contributed by atoms with E-state index >= 15 is 0 Å². The van der Waals surface area contributed by atoms with E-state index in [2.05, 4.69) is 10.3 Å². The lowest BCUT2D eigenvalue weighted by atomic mass is 10.1. The molecule has 1 N–H and O–H groups in total. The van der Waals surface area contributed by atoms with Crippen molar-refractivity contribution in [2.75, 3.05) is 6.54 Å². The van der Waals surface area contributed by atoms with Crippen molar-refractivity contribution in [2.24, 2.45) is 0 Å². The van der Waals surface area contributed by atoms with Crippen LogP contribution >= 0.6 is 11.3 Å². The zero-order valence-electron chi connectivity index (χ0n) is 13.3. The molecular formula is C17H16FN3O2S. The van der Waals surface area contributed by atoms with E-state index in [0.717, 1.165) is 0 Å². The second-order valence-corrected chi connectivity index (χ2v) is 6.52. The monoisotopic (exact) mass is 345 g/mol. The normalized spacial score (nSPS) is 11.0. The molecule has 0 saturated carbocycles. The molecule has 2 aromatic heterocycles. The van der Waals surface area contributed by atoms with Crippen molar-refractivity contribution in [3.05, 3.63) is 68.3 Å². The van der Waals surface area contributed by atoms with Crippen molar-refractivity contribution in [1.29, 1.82) is 0 Å². The van der Waals surface area contributed by atoms with Crippen molar-refractivity contribution < 1.29 is 9.18 Å². The van der Waals surface area contributed by atoms with Crippen LogP contribution in [0.5, 0.6) is 0 Å². The molecule has 1 amide bonds. The summed E-state index contributed by atoms with van der Waals surface area (Å²) in [5.41, 5.74) is 0.934. The minimum atomic E-state index is -0.336. The molecule has 7 heteroatoms. The summed E-state index contributed by atoms with van der Waals surface area (Å²) in [6.07, 6.45) is 0.228. The van der Waals surface area contributed by atoms with Gasteiger partial charge in [0.15, 0.2) is 4.96 Å². The van der Waals surface area contributed by atoms with E-state index in [1.165, 1.54) is 27.9 Å². The Morgan fingerprint density at radius 3 is 2.83 bits per heavy atom. The summed E-state index contributed by atoms with van der Waals surface area (Å²) in [5, 5.41) is 2.70. The largest absolute Gasteiger partial charge is 0.351 e. The third-order valence-electron chi connectivity index (χ3n) is 3.62. The smallest absolute Gasteiger partial charge is 0.269 e. The molecule has 1 aromatic carbocycles. The first-order valence-corrected chi connectivity index (χ1v) is 8.36. The van der Waals surface area contributed by atoms with Gasteiger partial charge in [-0.25, -0.2) is 13.8 Å². The minimum absolute atomic E-state index is 0.228. The SMILES string of the molecule is CCNC(=O)c1c(C)sc2nc(Cc3ccccc3F)cc(=O)n12. The number of carbonyl (C=O) groups is 1. The Morgan fingerprint density at radius 2 is 2.12 bits per heavy atom. The minimum Gasteiger partial charge on any atom is -0.351 e. The molecule has 0 unspecified atom stereocenters. The fraction of sp³-hybridized carbons (Fsp3) is 0.235. The van der Waals surface area contributed by atoms with Gasteiger partial charge in [0.2, 0.25) is 0 Å². The van der Waals surface area contributed by atoms with Crippen LogP contribution in [0.25, 0.3) is 4.96 Å². The Balaban J connectivity index is 2.08. The average Bonchev–Trinajstić information content (AvgIpc) is 2.86. The lowest BCUT2D eigenvalue weighted by molar-refractivity contribution is 0.0949. The molecule has 3 aromatic rings. The Kier molecular flexibility index (Phi) is 4.44. The summed E-state index contributed by atoms with van der Waals surface area (Å²) in [6, 6.07) is 7.76. The molecule has 24 heavy (non-hydrogen) atoms. The van der Waals surface area contributed by atoms with E-state index in [1.807, 2.05) is 6.92 Å². The fourth-order valence-corrected chi connectivity index (χ4v) is 3.55. The molecule has 0 radical (unpaired) electrons. The highest BCUT2D eigenvalue weighted by atomic mass is 32.1. The number of benzene rings is 1. The molecule has 0 aliphatic heterocycles. The van der Waals surface area contributed by atoms with Gasteiger partial charge in [0, 0.05) is 23.9 Å². The number of nitrogens with zero attached hydrogens (tertiary/aromatic N) is 2. The first kappa shape index (κ1) is 16.3. The van der Waals surface area contributed by atoms with Crippen LogP contribution in [-0.4, -0.2) is 21.8 Å². The Morgan fingerprint density at radius 1 is 1.38 bits per heavy atom. The van der Waals surface area contributed by atoms with E-state index in [9.17, 15) is 14.0 Å². The van der Waals surface area contributed by atoms with Gasteiger partial charge in [0.05, 0.1) is 5.69 Å². The van der Waals surface area contributed by atoms with Gasteiger partial charge < -0.3 is 5.32 Å². The molecule has 3 rings (SSSR count). The standard InChI is InChI=1S/C17H16FN3O2S/c1-3-19-16(23)15-10(2)24-17-20-12(9-14(22)21(15)17)8-11-6-4-5-7-13(11)18/h4-7,9H,3,8H2,1-2H3,(H,19,23). The summed E-state index contributed by atoms with van der Waals surface area (Å²) in [6.45, 7) is 4.07. The lowest BCUT2D eigenvalue weighted by Crippen LogP contribution is -2.28. The van der Waals surface area contributed by atoms with Crippen molar-refractivity contribution in [1.82, 2.24) is 14.7 Å². The number of amides is 1. The zero-order valence-corrected chi connectivity index (χ0v) is 14.1. The molecular weight excluding hydrogens is 329 g/mol. The third kappa shape index (κ3) is 2.94. The summed E-state index contributed by atoms with van der Waals surface area (Å²) in [5.74, 6) is -0.628.